The van der Waals surface area contributed by atoms with Crippen LogP contribution in [0, 0.1) is 0 Å². The van der Waals surface area contributed by atoms with Gasteiger partial charge in [-0.2, -0.15) is 0 Å². The molecular weight excluding hydrogens is 200 g/mol. The first-order valence-electron chi connectivity index (χ1n) is 4.58. The zero-order valence-electron chi connectivity index (χ0n) is 8.87. The van der Waals surface area contributed by atoms with Crippen LogP contribution in [-0.4, -0.2) is 34.8 Å². The summed E-state index contributed by atoms with van der Waals surface area (Å²) in [6.07, 6.45) is 0.361. The van der Waals surface area contributed by atoms with E-state index in [9.17, 15) is 14.4 Å². The summed E-state index contributed by atoms with van der Waals surface area (Å²) in [7, 11) is 0. The summed E-state index contributed by atoms with van der Waals surface area (Å²) in [4.78, 5) is 32.3. The van der Waals surface area contributed by atoms with E-state index >= 15 is 0 Å². The summed E-state index contributed by atoms with van der Waals surface area (Å²) in [5.41, 5.74) is 3.60. The molecule has 0 fully saturated rings. The average Bonchev–Trinajstić information content (AvgIpc) is 2.10. The first-order chi connectivity index (χ1) is 6.80. The second kappa shape index (κ2) is 5.45. The van der Waals surface area contributed by atoms with Crippen molar-refractivity contribution in [3.8, 4) is 0 Å². The second-order valence-electron chi connectivity index (χ2n) is 3.42. The summed E-state index contributed by atoms with van der Waals surface area (Å²) in [5.74, 6) is -2.12. The standard InChI is InChI=1S/C9H16N2O4/c1-6(12)9(10,8(14)15)4-3-5-11-7(2)13/h3-5,10H2,1-2H3,(H,11,13)(H,14,15)/t9-/m1/s1. The highest BCUT2D eigenvalue weighted by Gasteiger charge is 2.38. The highest BCUT2D eigenvalue weighted by atomic mass is 16.4. The van der Waals surface area contributed by atoms with Crippen LogP contribution in [0.5, 0.6) is 0 Å². The van der Waals surface area contributed by atoms with Gasteiger partial charge < -0.3 is 16.2 Å². The molecule has 0 unspecified atom stereocenters. The molecule has 0 rings (SSSR count). The van der Waals surface area contributed by atoms with E-state index in [0.29, 0.717) is 13.0 Å². The molecule has 4 N–H and O–H groups in total. The minimum atomic E-state index is -1.83. The third-order valence-corrected chi connectivity index (χ3v) is 2.13. The van der Waals surface area contributed by atoms with Crippen molar-refractivity contribution in [3.63, 3.8) is 0 Å². The molecular formula is C9H16N2O4. The number of rotatable bonds is 6. The Labute approximate surface area is 87.8 Å². The molecule has 6 nitrogen and oxygen atoms in total. The van der Waals surface area contributed by atoms with E-state index in [4.69, 9.17) is 10.8 Å². The Morgan fingerprint density at radius 1 is 1.33 bits per heavy atom. The Bertz CT molecular complexity index is 261. The minimum Gasteiger partial charge on any atom is -0.480 e. The van der Waals surface area contributed by atoms with Crippen LogP contribution in [0.3, 0.4) is 0 Å². The Hall–Kier alpha value is -1.43. The Balaban J connectivity index is 4.15. The molecule has 0 aromatic carbocycles. The maximum atomic E-state index is 11.0. The molecule has 86 valence electrons. The molecule has 1 atom stereocenters. The number of aliphatic carboxylic acids is 1. The summed E-state index contributed by atoms with van der Waals surface area (Å²) < 4.78 is 0. The van der Waals surface area contributed by atoms with E-state index in [1.165, 1.54) is 6.92 Å². The number of nitrogens with two attached hydrogens (primary N) is 1. The molecule has 1 amide bonds. The Morgan fingerprint density at radius 2 is 1.87 bits per heavy atom. The number of carbonyl (C=O) groups excluding carboxylic acids is 2. The normalized spacial score (nSPS) is 14.1. The van der Waals surface area contributed by atoms with E-state index in [2.05, 4.69) is 5.32 Å². The third-order valence-electron chi connectivity index (χ3n) is 2.13. The molecule has 0 saturated heterocycles. The van der Waals surface area contributed by atoms with Gasteiger partial charge in [0.25, 0.3) is 0 Å². The molecule has 0 aliphatic rings. The van der Waals surface area contributed by atoms with Crippen LogP contribution in [0.25, 0.3) is 0 Å². The molecule has 15 heavy (non-hydrogen) atoms. The molecule has 0 saturated carbocycles. The van der Waals surface area contributed by atoms with Crippen LogP contribution in [0.1, 0.15) is 26.7 Å². The predicted molar refractivity (Wildman–Crippen MR) is 53.2 cm³/mol. The fourth-order valence-corrected chi connectivity index (χ4v) is 1.07. The van der Waals surface area contributed by atoms with Crippen LogP contribution in [0.15, 0.2) is 0 Å². The molecule has 6 heteroatoms. The van der Waals surface area contributed by atoms with E-state index in [0.717, 1.165) is 6.92 Å². The van der Waals surface area contributed by atoms with Gasteiger partial charge >= 0.3 is 5.97 Å². The van der Waals surface area contributed by atoms with E-state index in [1.807, 2.05) is 0 Å². The van der Waals surface area contributed by atoms with Crippen LogP contribution in [-0.2, 0) is 14.4 Å². The maximum Gasteiger partial charge on any atom is 0.331 e. The maximum absolute atomic E-state index is 11.0. The van der Waals surface area contributed by atoms with Gasteiger partial charge in [0.15, 0.2) is 11.3 Å². The SMILES string of the molecule is CC(=O)NCCC[C@@](N)(C(C)=O)C(=O)O. The number of nitrogens with one attached hydrogen (secondary N) is 1. The van der Waals surface area contributed by atoms with Crippen LogP contribution in [0.4, 0.5) is 0 Å². The van der Waals surface area contributed by atoms with Crippen LogP contribution < -0.4 is 11.1 Å². The fourth-order valence-electron chi connectivity index (χ4n) is 1.07. The molecule has 0 bridgehead atoms. The molecule has 0 spiro atoms. The lowest BCUT2D eigenvalue weighted by molar-refractivity contribution is -0.148. The largest absolute Gasteiger partial charge is 0.480 e. The van der Waals surface area contributed by atoms with Gasteiger partial charge in [-0.1, -0.05) is 0 Å². The summed E-state index contributed by atoms with van der Waals surface area (Å²) in [6.45, 7) is 2.82. The third kappa shape index (κ3) is 4.07. The number of Topliss-reactive ketones (excluding diaryl/α,β-unsaturated/α-hetero) is 1. The summed E-state index contributed by atoms with van der Waals surface area (Å²) >= 11 is 0. The van der Waals surface area contributed by atoms with Gasteiger partial charge in [-0.15, -0.1) is 0 Å². The van der Waals surface area contributed by atoms with Crippen molar-refractivity contribution in [1.29, 1.82) is 0 Å². The molecule has 0 aliphatic heterocycles. The molecule has 0 heterocycles. The first-order valence-corrected chi connectivity index (χ1v) is 4.58. The number of ketones is 1. The van der Waals surface area contributed by atoms with Crippen molar-refractivity contribution in [2.75, 3.05) is 6.54 Å². The number of carboxylic acid groups (broad SMARTS) is 1. The lowest BCUT2D eigenvalue weighted by Gasteiger charge is -2.21. The van der Waals surface area contributed by atoms with Crippen molar-refractivity contribution in [2.45, 2.75) is 32.2 Å². The van der Waals surface area contributed by atoms with Crippen LogP contribution in [0.2, 0.25) is 0 Å². The summed E-state index contributed by atoms with van der Waals surface area (Å²) in [6, 6.07) is 0. The smallest absolute Gasteiger partial charge is 0.331 e. The highest BCUT2D eigenvalue weighted by molar-refractivity contribution is 6.06. The number of amides is 1. The molecule has 0 aliphatic carbocycles. The van der Waals surface area contributed by atoms with E-state index in [-0.39, 0.29) is 12.3 Å². The lowest BCUT2D eigenvalue weighted by atomic mass is 9.90. The Kier molecular flexibility index (Phi) is 4.93. The zero-order chi connectivity index (χ0) is 12.1. The Morgan fingerprint density at radius 3 is 2.20 bits per heavy atom. The van der Waals surface area contributed by atoms with Gasteiger partial charge in [0.05, 0.1) is 0 Å². The number of carbonyl (C=O) groups is 3. The summed E-state index contributed by atoms with van der Waals surface area (Å²) in [5, 5.41) is 11.3. The van der Waals surface area contributed by atoms with Crippen molar-refractivity contribution in [3.05, 3.63) is 0 Å². The van der Waals surface area contributed by atoms with Crippen molar-refractivity contribution in [1.82, 2.24) is 5.32 Å². The molecule has 0 radical (unpaired) electrons. The van der Waals surface area contributed by atoms with Gasteiger partial charge in [-0.05, 0) is 19.8 Å². The highest BCUT2D eigenvalue weighted by Crippen LogP contribution is 2.11. The van der Waals surface area contributed by atoms with Gasteiger partial charge in [-0.25, -0.2) is 4.79 Å². The van der Waals surface area contributed by atoms with Gasteiger partial charge in [0.1, 0.15) is 0 Å². The fraction of sp³-hybridized carbons (Fsp3) is 0.667. The number of hydrogen-bond acceptors (Lipinski definition) is 4. The first kappa shape index (κ1) is 13.6. The van der Waals surface area contributed by atoms with E-state index in [1.54, 1.807) is 0 Å². The second-order valence-corrected chi connectivity index (χ2v) is 3.42. The monoisotopic (exact) mass is 216 g/mol. The van der Waals surface area contributed by atoms with Gasteiger partial charge in [0.2, 0.25) is 5.91 Å². The number of hydrogen-bond donors (Lipinski definition) is 3. The van der Waals surface area contributed by atoms with Crippen molar-refractivity contribution >= 4 is 17.7 Å². The topological polar surface area (TPSA) is 109 Å². The average molecular weight is 216 g/mol. The zero-order valence-corrected chi connectivity index (χ0v) is 8.87. The van der Waals surface area contributed by atoms with Gasteiger partial charge in [-0.3, -0.25) is 9.59 Å². The number of carboxylic acids is 1. The van der Waals surface area contributed by atoms with Gasteiger partial charge in [0, 0.05) is 13.5 Å². The predicted octanol–water partition coefficient (Wildman–Crippen LogP) is -0.726. The molecule has 0 aromatic heterocycles. The van der Waals surface area contributed by atoms with Crippen molar-refractivity contribution in [2.24, 2.45) is 5.73 Å². The van der Waals surface area contributed by atoms with Crippen molar-refractivity contribution < 1.29 is 19.5 Å². The quantitative estimate of drug-likeness (QED) is 0.400. The lowest BCUT2D eigenvalue weighted by Crippen LogP contribution is -2.54. The van der Waals surface area contributed by atoms with E-state index < -0.39 is 17.3 Å². The minimum absolute atomic E-state index is 0.0119. The molecule has 0 aromatic rings. The van der Waals surface area contributed by atoms with Crippen LogP contribution >= 0.6 is 0 Å².